The molecule has 0 aliphatic carbocycles. The summed E-state index contributed by atoms with van der Waals surface area (Å²) in [6.45, 7) is 5.27. The normalized spacial score (nSPS) is 11.7. The van der Waals surface area contributed by atoms with Gasteiger partial charge in [0.2, 0.25) is 0 Å². The highest BCUT2D eigenvalue weighted by Gasteiger charge is 1.92. The van der Waals surface area contributed by atoms with Crippen molar-refractivity contribution >= 4 is 5.84 Å². The summed E-state index contributed by atoms with van der Waals surface area (Å²) in [6.07, 6.45) is 3.57. The van der Waals surface area contributed by atoms with Gasteiger partial charge in [-0.25, -0.2) is 0 Å². The monoisotopic (exact) mass is 142 g/mol. The Hall–Kier alpha value is -0.530. The molecule has 0 amide bonds. The number of rotatable bonds is 4. The Bertz CT molecular complexity index is 97.4. The molecule has 2 nitrogen and oxygen atoms in total. The van der Waals surface area contributed by atoms with Crippen molar-refractivity contribution in [2.75, 3.05) is 13.6 Å². The number of nitrogens with one attached hydrogen (secondary N) is 1. The summed E-state index contributed by atoms with van der Waals surface area (Å²) in [5.41, 5.74) is 0. The SMILES string of the molecule is CCCC/C(=N/C)NCC. The van der Waals surface area contributed by atoms with Crippen LogP contribution in [0.4, 0.5) is 0 Å². The third-order valence-corrected chi connectivity index (χ3v) is 1.42. The third kappa shape index (κ3) is 4.36. The lowest BCUT2D eigenvalue weighted by atomic mass is 10.2. The molecular formula is C8H18N2. The van der Waals surface area contributed by atoms with Gasteiger partial charge in [-0.15, -0.1) is 0 Å². The lowest BCUT2D eigenvalue weighted by Crippen LogP contribution is -2.22. The highest BCUT2D eigenvalue weighted by Crippen LogP contribution is 1.94. The molecule has 0 heterocycles. The lowest BCUT2D eigenvalue weighted by Gasteiger charge is -2.04. The first kappa shape index (κ1) is 9.47. The van der Waals surface area contributed by atoms with Crippen molar-refractivity contribution in [1.29, 1.82) is 0 Å². The molecule has 0 atom stereocenters. The van der Waals surface area contributed by atoms with E-state index in [1.165, 1.54) is 12.8 Å². The van der Waals surface area contributed by atoms with Gasteiger partial charge in [0.25, 0.3) is 0 Å². The lowest BCUT2D eigenvalue weighted by molar-refractivity contribution is 0.802. The van der Waals surface area contributed by atoms with Crippen molar-refractivity contribution in [1.82, 2.24) is 5.32 Å². The topological polar surface area (TPSA) is 24.4 Å². The van der Waals surface area contributed by atoms with Crippen molar-refractivity contribution in [2.24, 2.45) is 4.99 Å². The van der Waals surface area contributed by atoms with E-state index in [-0.39, 0.29) is 0 Å². The minimum Gasteiger partial charge on any atom is -0.374 e. The molecule has 0 radical (unpaired) electrons. The van der Waals surface area contributed by atoms with Crippen LogP contribution in [0.15, 0.2) is 4.99 Å². The Morgan fingerprint density at radius 2 is 2.10 bits per heavy atom. The summed E-state index contributed by atoms with van der Waals surface area (Å²) in [7, 11) is 1.84. The van der Waals surface area contributed by atoms with Gasteiger partial charge in [0.15, 0.2) is 0 Å². The molecule has 0 rings (SSSR count). The van der Waals surface area contributed by atoms with Crippen molar-refractivity contribution < 1.29 is 0 Å². The van der Waals surface area contributed by atoms with E-state index in [1.807, 2.05) is 7.05 Å². The van der Waals surface area contributed by atoms with Crippen LogP contribution in [0.25, 0.3) is 0 Å². The zero-order valence-corrected chi connectivity index (χ0v) is 7.28. The van der Waals surface area contributed by atoms with Gasteiger partial charge in [-0.3, -0.25) is 4.99 Å². The van der Waals surface area contributed by atoms with Gasteiger partial charge in [0.05, 0.1) is 5.84 Å². The second-order valence-electron chi connectivity index (χ2n) is 2.30. The summed E-state index contributed by atoms with van der Waals surface area (Å²) in [5.74, 6) is 1.14. The summed E-state index contributed by atoms with van der Waals surface area (Å²) in [5, 5.41) is 3.22. The Balaban J connectivity index is 3.41. The first-order valence-corrected chi connectivity index (χ1v) is 4.04. The molecule has 0 bridgehead atoms. The number of hydrogen-bond donors (Lipinski definition) is 1. The fourth-order valence-corrected chi connectivity index (χ4v) is 0.828. The maximum atomic E-state index is 4.12. The fourth-order valence-electron chi connectivity index (χ4n) is 0.828. The predicted octanol–water partition coefficient (Wildman–Crippen LogP) is 1.81. The van der Waals surface area contributed by atoms with Gasteiger partial charge in [-0.1, -0.05) is 13.3 Å². The number of nitrogens with zero attached hydrogens (tertiary/aromatic N) is 1. The number of hydrogen-bond acceptors (Lipinski definition) is 1. The summed E-state index contributed by atoms with van der Waals surface area (Å²) in [6, 6.07) is 0. The molecule has 0 fully saturated rings. The van der Waals surface area contributed by atoms with Crippen molar-refractivity contribution in [3.05, 3.63) is 0 Å². The van der Waals surface area contributed by atoms with E-state index in [0.717, 1.165) is 18.8 Å². The van der Waals surface area contributed by atoms with Crippen molar-refractivity contribution in [2.45, 2.75) is 33.1 Å². The Morgan fingerprint density at radius 1 is 1.40 bits per heavy atom. The zero-order valence-electron chi connectivity index (χ0n) is 7.28. The van der Waals surface area contributed by atoms with Crippen LogP contribution in [0.1, 0.15) is 33.1 Å². The van der Waals surface area contributed by atoms with Gasteiger partial charge in [0.1, 0.15) is 0 Å². The molecule has 0 saturated heterocycles. The van der Waals surface area contributed by atoms with Gasteiger partial charge >= 0.3 is 0 Å². The second-order valence-corrected chi connectivity index (χ2v) is 2.30. The summed E-state index contributed by atoms with van der Waals surface area (Å²) < 4.78 is 0. The molecule has 0 aromatic rings. The van der Waals surface area contributed by atoms with Gasteiger partial charge in [-0.2, -0.15) is 0 Å². The molecule has 10 heavy (non-hydrogen) atoms. The van der Waals surface area contributed by atoms with E-state index in [4.69, 9.17) is 0 Å². The summed E-state index contributed by atoms with van der Waals surface area (Å²) >= 11 is 0. The average molecular weight is 142 g/mol. The number of aliphatic imine (C=N–C) groups is 1. The van der Waals surface area contributed by atoms with Crippen molar-refractivity contribution in [3.8, 4) is 0 Å². The van der Waals surface area contributed by atoms with E-state index in [1.54, 1.807) is 0 Å². The van der Waals surface area contributed by atoms with Crippen LogP contribution in [0.5, 0.6) is 0 Å². The highest BCUT2D eigenvalue weighted by molar-refractivity contribution is 5.81. The van der Waals surface area contributed by atoms with Crippen LogP contribution in [-0.2, 0) is 0 Å². The van der Waals surface area contributed by atoms with Gasteiger partial charge < -0.3 is 5.32 Å². The van der Waals surface area contributed by atoms with E-state index >= 15 is 0 Å². The van der Waals surface area contributed by atoms with Crippen LogP contribution in [-0.4, -0.2) is 19.4 Å². The molecule has 0 saturated carbocycles. The molecule has 0 spiro atoms. The molecule has 2 heteroatoms. The first-order chi connectivity index (χ1) is 4.85. The smallest absolute Gasteiger partial charge is 0.0959 e. The molecule has 1 N–H and O–H groups in total. The minimum absolute atomic E-state index is 0.983. The first-order valence-electron chi connectivity index (χ1n) is 4.04. The maximum Gasteiger partial charge on any atom is 0.0959 e. The Labute approximate surface area is 63.7 Å². The summed E-state index contributed by atoms with van der Waals surface area (Å²) in [4.78, 5) is 4.12. The average Bonchev–Trinajstić information content (AvgIpc) is 1.98. The minimum atomic E-state index is 0.983. The Morgan fingerprint density at radius 3 is 2.50 bits per heavy atom. The van der Waals surface area contributed by atoms with Crippen LogP contribution in [0.3, 0.4) is 0 Å². The van der Waals surface area contributed by atoms with E-state index in [0.29, 0.717) is 0 Å². The quantitative estimate of drug-likeness (QED) is 0.470. The predicted molar refractivity (Wildman–Crippen MR) is 46.6 cm³/mol. The fraction of sp³-hybridized carbons (Fsp3) is 0.875. The number of amidine groups is 1. The third-order valence-electron chi connectivity index (χ3n) is 1.42. The van der Waals surface area contributed by atoms with Gasteiger partial charge in [-0.05, 0) is 13.3 Å². The highest BCUT2D eigenvalue weighted by atomic mass is 15.0. The molecular weight excluding hydrogens is 124 g/mol. The van der Waals surface area contributed by atoms with Crippen LogP contribution in [0.2, 0.25) is 0 Å². The molecule has 60 valence electrons. The van der Waals surface area contributed by atoms with Crippen molar-refractivity contribution in [3.63, 3.8) is 0 Å². The molecule has 0 aromatic carbocycles. The van der Waals surface area contributed by atoms with E-state index in [9.17, 15) is 0 Å². The van der Waals surface area contributed by atoms with Gasteiger partial charge in [0, 0.05) is 20.0 Å². The van der Waals surface area contributed by atoms with Crippen LogP contribution >= 0.6 is 0 Å². The largest absolute Gasteiger partial charge is 0.374 e. The Kier molecular flexibility index (Phi) is 6.24. The zero-order chi connectivity index (χ0) is 7.82. The van der Waals surface area contributed by atoms with E-state index < -0.39 is 0 Å². The maximum absolute atomic E-state index is 4.12. The van der Waals surface area contributed by atoms with E-state index in [2.05, 4.69) is 24.2 Å². The molecule has 0 aliphatic heterocycles. The molecule has 0 aliphatic rings. The van der Waals surface area contributed by atoms with Crippen LogP contribution < -0.4 is 5.32 Å². The molecule has 0 unspecified atom stereocenters. The second kappa shape index (κ2) is 6.59. The van der Waals surface area contributed by atoms with Crippen LogP contribution in [0, 0.1) is 0 Å². The molecule has 0 aromatic heterocycles. The standard InChI is InChI=1S/C8H18N2/c1-4-6-7-8(9-3)10-5-2/h4-7H2,1-3H3,(H,9,10). The number of unbranched alkanes of at least 4 members (excludes halogenated alkanes) is 1.